The molecule has 2 atom stereocenters. The summed E-state index contributed by atoms with van der Waals surface area (Å²) in [6.45, 7) is 11.4. The van der Waals surface area contributed by atoms with E-state index in [4.69, 9.17) is 0 Å². The molecule has 0 spiro atoms. The lowest BCUT2D eigenvalue weighted by molar-refractivity contribution is 0.468. The van der Waals surface area contributed by atoms with Crippen LogP contribution >= 0.6 is 0 Å². The molecule has 0 saturated heterocycles. The number of nitriles is 2. The number of hydrogen-bond donors (Lipinski definition) is 0. The number of benzene rings is 3. The van der Waals surface area contributed by atoms with Crippen molar-refractivity contribution in [3.05, 3.63) is 106 Å². The van der Waals surface area contributed by atoms with Gasteiger partial charge >= 0.3 is 0 Å². The smallest absolute Gasteiger partial charge is 0.0991 e. The van der Waals surface area contributed by atoms with Gasteiger partial charge in [-0.3, -0.25) is 0 Å². The van der Waals surface area contributed by atoms with Gasteiger partial charge in [0, 0.05) is 56.2 Å². The molecule has 2 aliphatic carbocycles. The fraction of sp³-hybridized carbons (Fsp3) is 0.263. The van der Waals surface area contributed by atoms with Gasteiger partial charge in [0.25, 0.3) is 0 Å². The van der Waals surface area contributed by atoms with Crippen LogP contribution < -0.4 is 0 Å². The molecule has 0 N–H and O–H groups in total. The molecule has 0 bridgehead atoms. The predicted molar refractivity (Wildman–Crippen MR) is 172 cm³/mol. The lowest BCUT2D eigenvalue weighted by Gasteiger charge is -2.30. The van der Waals surface area contributed by atoms with E-state index >= 15 is 0 Å². The van der Waals surface area contributed by atoms with Crippen LogP contribution in [0.3, 0.4) is 0 Å². The van der Waals surface area contributed by atoms with Crippen molar-refractivity contribution in [3.63, 3.8) is 0 Å². The highest BCUT2D eigenvalue weighted by atomic mass is 15.0. The first-order chi connectivity index (χ1) is 20.2. The van der Waals surface area contributed by atoms with E-state index in [0.29, 0.717) is 11.5 Å². The molecule has 4 heteroatoms. The molecule has 2 aromatic heterocycles. The van der Waals surface area contributed by atoms with E-state index in [1.54, 1.807) is 0 Å². The van der Waals surface area contributed by atoms with Crippen LogP contribution in [0.5, 0.6) is 0 Å². The number of aromatic nitrogens is 2. The molecule has 7 rings (SSSR count). The van der Waals surface area contributed by atoms with Crippen LogP contribution in [0.4, 0.5) is 0 Å². The molecule has 2 aliphatic rings. The molecule has 42 heavy (non-hydrogen) atoms. The summed E-state index contributed by atoms with van der Waals surface area (Å²) in [5, 5.41) is 21.8. The van der Waals surface area contributed by atoms with Gasteiger partial charge in [0.15, 0.2) is 0 Å². The molecule has 2 unspecified atom stereocenters. The van der Waals surface area contributed by atoms with Crippen molar-refractivity contribution in [2.45, 2.75) is 53.4 Å². The largest absolute Gasteiger partial charge is 0.313 e. The van der Waals surface area contributed by atoms with E-state index < -0.39 is 0 Å². The lowest BCUT2D eigenvalue weighted by Crippen LogP contribution is -2.17. The molecule has 2 heterocycles. The molecular weight excluding hydrogens is 512 g/mol. The standard InChI is InChI=1S/C38H34N4/c1-23-16-36-32(18-26(23)22-40)31-17-25(21-39)13-14-35(31)41(36)28-9-8-10-29(20-28)42-34-12-7-6-11-30(34)33-19-27(38(3,4)5)15-24(2)37(33)42/h6-14,17-20,23-24H,15-16H2,1-5H3. The van der Waals surface area contributed by atoms with Crippen LogP contribution in [0.15, 0.2) is 77.9 Å². The first kappa shape index (κ1) is 26.1. The second-order valence-corrected chi connectivity index (χ2v) is 13.1. The average Bonchev–Trinajstić information content (AvgIpc) is 3.48. The highest BCUT2D eigenvalue weighted by Crippen LogP contribution is 2.46. The molecule has 0 saturated carbocycles. The number of fused-ring (bicyclic) bond motifs is 6. The van der Waals surface area contributed by atoms with E-state index in [2.05, 4.69) is 117 Å². The van der Waals surface area contributed by atoms with Gasteiger partial charge in [-0.05, 0) is 72.7 Å². The fourth-order valence-corrected chi connectivity index (χ4v) is 7.09. The van der Waals surface area contributed by atoms with Crippen LogP contribution in [-0.4, -0.2) is 9.13 Å². The Morgan fingerprint density at radius 3 is 2.19 bits per heavy atom. The summed E-state index contributed by atoms with van der Waals surface area (Å²) < 4.78 is 4.81. The Morgan fingerprint density at radius 2 is 1.45 bits per heavy atom. The zero-order valence-corrected chi connectivity index (χ0v) is 24.9. The van der Waals surface area contributed by atoms with Crippen LogP contribution in [-0.2, 0) is 6.42 Å². The SMILES string of the molecule is CC1Cc2c(c3cc(C#N)ccc3n2-c2cccc(-n3c4c(c5ccccc53)C=C(C(C)(C)C)CC4C)c2)C=C1C#N. The second-order valence-electron chi connectivity index (χ2n) is 13.1. The van der Waals surface area contributed by atoms with Crippen molar-refractivity contribution in [1.82, 2.24) is 9.13 Å². The molecule has 4 nitrogen and oxygen atoms in total. The number of allylic oxidation sites excluding steroid dienone is 2. The normalized spacial score (nSPS) is 18.2. The maximum Gasteiger partial charge on any atom is 0.0991 e. The summed E-state index contributed by atoms with van der Waals surface area (Å²) >= 11 is 0. The Balaban J connectivity index is 1.48. The minimum atomic E-state index is 0.131. The van der Waals surface area contributed by atoms with Gasteiger partial charge in [-0.25, -0.2) is 0 Å². The number of para-hydroxylation sites is 1. The Morgan fingerprint density at radius 1 is 0.714 bits per heavy atom. The van der Waals surface area contributed by atoms with Gasteiger partial charge in [0.05, 0.1) is 28.7 Å². The molecule has 0 fully saturated rings. The maximum absolute atomic E-state index is 9.81. The minimum absolute atomic E-state index is 0.131. The van der Waals surface area contributed by atoms with Crippen LogP contribution in [0.2, 0.25) is 0 Å². The summed E-state index contributed by atoms with van der Waals surface area (Å²) in [5.41, 5.74) is 12.5. The van der Waals surface area contributed by atoms with Gasteiger partial charge in [0.1, 0.15) is 0 Å². The Kier molecular flexibility index (Phi) is 5.83. The molecule has 3 aromatic carbocycles. The molecular formula is C38H34N4. The Bertz CT molecular complexity index is 2070. The van der Waals surface area contributed by atoms with Crippen molar-refractivity contribution in [2.24, 2.45) is 11.3 Å². The van der Waals surface area contributed by atoms with Crippen LogP contribution in [0.25, 0.3) is 45.3 Å². The van der Waals surface area contributed by atoms with E-state index in [-0.39, 0.29) is 11.3 Å². The first-order valence-corrected chi connectivity index (χ1v) is 14.8. The predicted octanol–water partition coefficient (Wildman–Crippen LogP) is 9.48. The third-order valence-electron chi connectivity index (χ3n) is 9.27. The third-order valence-corrected chi connectivity index (χ3v) is 9.27. The zero-order chi connectivity index (χ0) is 29.3. The fourth-order valence-electron chi connectivity index (χ4n) is 7.09. The summed E-state index contributed by atoms with van der Waals surface area (Å²) in [6.07, 6.45) is 6.30. The minimum Gasteiger partial charge on any atom is -0.313 e. The number of nitrogens with zero attached hydrogens (tertiary/aromatic N) is 4. The molecule has 0 radical (unpaired) electrons. The zero-order valence-electron chi connectivity index (χ0n) is 24.9. The van der Waals surface area contributed by atoms with Crippen molar-refractivity contribution in [1.29, 1.82) is 10.5 Å². The van der Waals surface area contributed by atoms with Gasteiger partial charge < -0.3 is 9.13 Å². The highest BCUT2D eigenvalue weighted by molar-refractivity contribution is 5.96. The summed E-state index contributed by atoms with van der Waals surface area (Å²) in [7, 11) is 0. The van der Waals surface area contributed by atoms with Gasteiger partial charge in [-0.2, -0.15) is 10.5 Å². The molecule has 206 valence electrons. The average molecular weight is 547 g/mol. The van der Waals surface area contributed by atoms with Crippen LogP contribution in [0, 0.1) is 34.0 Å². The maximum atomic E-state index is 9.81. The van der Waals surface area contributed by atoms with Crippen LogP contribution in [0.1, 0.15) is 75.0 Å². The molecule has 0 aliphatic heterocycles. The Labute approximate surface area is 247 Å². The summed E-state index contributed by atoms with van der Waals surface area (Å²) in [6, 6.07) is 28.2. The van der Waals surface area contributed by atoms with Gasteiger partial charge in [-0.15, -0.1) is 0 Å². The quantitative estimate of drug-likeness (QED) is 0.221. The van der Waals surface area contributed by atoms with Crippen molar-refractivity contribution in [2.75, 3.05) is 0 Å². The second kappa shape index (κ2) is 9.37. The lowest BCUT2D eigenvalue weighted by atomic mass is 9.76. The summed E-state index contributed by atoms with van der Waals surface area (Å²) in [5.74, 6) is 0.518. The van der Waals surface area contributed by atoms with Crippen molar-refractivity contribution >= 4 is 34.0 Å². The van der Waals surface area contributed by atoms with Crippen molar-refractivity contribution < 1.29 is 0 Å². The Hall–Kier alpha value is -4.80. The first-order valence-electron chi connectivity index (χ1n) is 14.8. The monoisotopic (exact) mass is 546 g/mol. The van der Waals surface area contributed by atoms with Gasteiger partial charge in [0.2, 0.25) is 0 Å². The highest BCUT2D eigenvalue weighted by Gasteiger charge is 2.31. The van der Waals surface area contributed by atoms with E-state index in [1.165, 1.54) is 33.4 Å². The van der Waals surface area contributed by atoms with Gasteiger partial charge in [-0.1, -0.05) is 70.5 Å². The number of hydrogen-bond acceptors (Lipinski definition) is 2. The topological polar surface area (TPSA) is 57.4 Å². The van der Waals surface area contributed by atoms with E-state index in [9.17, 15) is 10.5 Å². The van der Waals surface area contributed by atoms with E-state index in [1.807, 2.05) is 18.2 Å². The number of rotatable bonds is 2. The van der Waals surface area contributed by atoms with Crippen molar-refractivity contribution in [3.8, 4) is 23.5 Å². The molecule has 5 aromatic rings. The summed E-state index contributed by atoms with van der Waals surface area (Å²) in [4.78, 5) is 0. The van der Waals surface area contributed by atoms with E-state index in [0.717, 1.165) is 46.3 Å². The third kappa shape index (κ3) is 3.87. The molecule has 0 amide bonds.